The van der Waals surface area contributed by atoms with Crippen molar-refractivity contribution in [3.05, 3.63) is 28.1 Å². The van der Waals surface area contributed by atoms with E-state index in [0.29, 0.717) is 15.4 Å². The summed E-state index contributed by atoms with van der Waals surface area (Å²) in [5, 5.41) is 3.79. The van der Waals surface area contributed by atoms with Gasteiger partial charge in [-0.15, -0.1) is 22.7 Å². The van der Waals surface area contributed by atoms with Crippen molar-refractivity contribution in [2.24, 2.45) is 0 Å². The van der Waals surface area contributed by atoms with Crippen LogP contribution in [-0.2, 0) is 16.6 Å². The summed E-state index contributed by atoms with van der Waals surface area (Å²) in [5.74, 6) is 0. The van der Waals surface area contributed by atoms with E-state index in [9.17, 15) is 8.42 Å². The number of thiophene rings is 1. The number of anilines is 1. The fourth-order valence-corrected chi connectivity index (χ4v) is 4.91. The van der Waals surface area contributed by atoms with Crippen molar-refractivity contribution in [3.8, 4) is 0 Å². The zero-order valence-electron chi connectivity index (χ0n) is 10.9. The number of nitrogens with zero attached hydrogens (tertiary/aromatic N) is 1. The lowest BCUT2D eigenvalue weighted by Gasteiger charge is -2.02. The van der Waals surface area contributed by atoms with Crippen LogP contribution in [0.5, 0.6) is 0 Å². The summed E-state index contributed by atoms with van der Waals surface area (Å²) >= 11 is 2.63. The highest BCUT2D eigenvalue weighted by Crippen LogP contribution is 2.27. The molecule has 0 unspecified atom stereocenters. The SMILES string of the molecule is Cc1cnc(NS(=O)(=O)c2ccc(CNC3CC3)s2)s1. The molecule has 0 aromatic carbocycles. The number of thiazole rings is 1. The molecule has 5 nitrogen and oxygen atoms in total. The lowest BCUT2D eigenvalue weighted by Crippen LogP contribution is -2.14. The number of hydrogen-bond donors (Lipinski definition) is 2. The molecule has 1 saturated carbocycles. The quantitative estimate of drug-likeness (QED) is 0.854. The fourth-order valence-electron chi connectivity index (χ4n) is 1.70. The van der Waals surface area contributed by atoms with Crippen molar-refractivity contribution in [2.45, 2.75) is 36.6 Å². The minimum absolute atomic E-state index is 0.331. The van der Waals surface area contributed by atoms with E-state index < -0.39 is 10.0 Å². The van der Waals surface area contributed by atoms with Gasteiger partial charge in [0.05, 0.1) is 0 Å². The van der Waals surface area contributed by atoms with Gasteiger partial charge in [-0.3, -0.25) is 4.72 Å². The second-order valence-corrected chi connectivity index (χ2v) is 9.07. The standard InChI is InChI=1S/C12H15N3O2S3/c1-8-6-14-12(18-8)15-20(16,17)11-5-4-10(19-11)7-13-9-2-3-9/h4-6,9,13H,2-3,7H2,1H3,(H,14,15). The lowest BCUT2D eigenvalue weighted by molar-refractivity contribution is 0.603. The molecule has 0 radical (unpaired) electrons. The maximum absolute atomic E-state index is 12.2. The molecule has 2 aromatic rings. The molecule has 0 saturated heterocycles. The number of nitrogens with one attached hydrogen (secondary N) is 2. The zero-order chi connectivity index (χ0) is 14.2. The predicted molar refractivity (Wildman–Crippen MR) is 81.8 cm³/mol. The molecule has 20 heavy (non-hydrogen) atoms. The third-order valence-corrected chi connectivity index (χ3v) is 6.76. The summed E-state index contributed by atoms with van der Waals surface area (Å²) in [4.78, 5) is 6.03. The van der Waals surface area contributed by atoms with E-state index in [1.807, 2.05) is 13.0 Å². The molecule has 108 valence electrons. The molecule has 8 heteroatoms. The highest BCUT2D eigenvalue weighted by Gasteiger charge is 2.22. The topological polar surface area (TPSA) is 71.1 Å². The zero-order valence-corrected chi connectivity index (χ0v) is 13.4. The van der Waals surface area contributed by atoms with Crippen LogP contribution in [0.1, 0.15) is 22.6 Å². The van der Waals surface area contributed by atoms with Crippen LogP contribution in [0, 0.1) is 6.92 Å². The van der Waals surface area contributed by atoms with Crippen LogP contribution < -0.4 is 10.0 Å². The van der Waals surface area contributed by atoms with Gasteiger partial charge in [0.1, 0.15) is 4.21 Å². The molecule has 1 fully saturated rings. The Morgan fingerprint density at radius 2 is 2.15 bits per heavy atom. The summed E-state index contributed by atoms with van der Waals surface area (Å²) < 4.78 is 27.3. The molecule has 0 amide bonds. The second kappa shape index (κ2) is 5.44. The summed E-state index contributed by atoms with van der Waals surface area (Å²) in [6.07, 6.45) is 4.10. The second-order valence-electron chi connectivity index (χ2n) is 4.76. The van der Waals surface area contributed by atoms with Crippen molar-refractivity contribution >= 4 is 37.8 Å². The van der Waals surface area contributed by atoms with Crippen LogP contribution in [0.4, 0.5) is 5.13 Å². The van der Waals surface area contributed by atoms with Gasteiger partial charge in [0.2, 0.25) is 0 Å². The first kappa shape index (κ1) is 14.0. The molecule has 3 rings (SSSR count). The first-order valence-electron chi connectivity index (χ1n) is 6.30. The molecule has 1 aliphatic rings. The van der Waals surface area contributed by atoms with Gasteiger partial charge in [0.15, 0.2) is 5.13 Å². The number of sulfonamides is 1. The monoisotopic (exact) mass is 329 g/mol. The van der Waals surface area contributed by atoms with E-state index in [0.717, 1.165) is 16.3 Å². The average molecular weight is 329 g/mol. The molecule has 2 N–H and O–H groups in total. The predicted octanol–water partition coefficient (Wildman–Crippen LogP) is 2.57. The third kappa shape index (κ3) is 3.38. The highest BCUT2D eigenvalue weighted by molar-refractivity contribution is 7.94. The summed E-state index contributed by atoms with van der Waals surface area (Å²) in [6.45, 7) is 2.63. The number of aryl methyl sites for hydroxylation is 1. The van der Waals surface area contributed by atoms with Crippen LogP contribution in [0.25, 0.3) is 0 Å². The third-order valence-electron chi connectivity index (χ3n) is 2.89. The molecule has 0 aliphatic heterocycles. The van der Waals surface area contributed by atoms with Gasteiger partial charge in [0, 0.05) is 28.5 Å². The highest BCUT2D eigenvalue weighted by atomic mass is 32.2. The fraction of sp³-hybridized carbons (Fsp3) is 0.417. The Morgan fingerprint density at radius 1 is 1.35 bits per heavy atom. The lowest BCUT2D eigenvalue weighted by atomic mass is 10.4. The van der Waals surface area contributed by atoms with Crippen LogP contribution in [-0.4, -0.2) is 19.4 Å². The molecule has 0 atom stereocenters. The van der Waals surface area contributed by atoms with Gasteiger partial charge in [-0.2, -0.15) is 0 Å². The molecular formula is C12H15N3O2S3. The van der Waals surface area contributed by atoms with Gasteiger partial charge in [-0.25, -0.2) is 13.4 Å². The van der Waals surface area contributed by atoms with E-state index >= 15 is 0 Å². The molecule has 0 bridgehead atoms. The maximum atomic E-state index is 12.2. The van der Waals surface area contributed by atoms with Crippen molar-refractivity contribution in [2.75, 3.05) is 4.72 Å². The number of hydrogen-bond acceptors (Lipinski definition) is 6. The maximum Gasteiger partial charge on any atom is 0.273 e. The molecule has 0 spiro atoms. The van der Waals surface area contributed by atoms with Crippen LogP contribution in [0.3, 0.4) is 0 Å². The van der Waals surface area contributed by atoms with E-state index in [1.54, 1.807) is 12.3 Å². The molecular weight excluding hydrogens is 314 g/mol. The van der Waals surface area contributed by atoms with Gasteiger partial charge in [-0.05, 0) is 31.9 Å². The van der Waals surface area contributed by atoms with E-state index in [4.69, 9.17) is 0 Å². The first-order valence-corrected chi connectivity index (χ1v) is 9.42. The van der Waals surface area contributed by atoms with Crippen LogP contribution >= 0.6 is 22.7 Å². The van der Waals surface area contributed by atoms with E-state index in [1.165, 1.54) is 35.5 Å². The Labute approximate surface area is 126 Å². The minimum atomic E-state index is -3.51. The molecule has 1 aliphatic carbocycles. The Morgan fingerprint density at radius 3 is 2.80 bits per heavy atom. The summed E-state index contributed by atoms with van der Waals surface area (Å²) in [7, 11) is -3.51. The van der Waals surface area contributed by atoms with Crippen LogP contribution in [0.2, 0.25) is 0 Å². The number of aromatic nitrogens is 1. The summed E-state index contributed by atoms with van der Waals surface area (Å²) in [6, 6.07) is 4.13. The normalized spacial score (nSPS) is 15.4. The van der Waals surface area contributed by atoms with Crippen molar-refractivity contribution in [1.29, 1.82) is 0 Å². The average Bonchev–Trinajstić information content (AvgIpc) is 2.93. The first-order chi connectivity index (χ1) is 9.53. The Bertz CT molecular complexity index is 701. The van der Waals surface area contributed by atoms with E-state index in [-0.39, 0.29) is 0 Å². The summed E-state index contributed by atoms with van der Waals surface area (Å²) in [5.41, 5.74) is 0. The van der Waals surface area contributed by atoms with Gasteiger partial charge < -0.3 is 5.32 Å². The number of rotatable bonds is 6. The Hall–Kier alpha value is -0.960. The Balaban J connectivity index is 1.69. The molecule has 2 aromatic heterocycles. The molecule has 2 heterocycles. The van der Waals surface area contributed by atoms with Crippen molar-refractivity contribution in [3.63, 3.8) is 0 Å². The van der Waals surface area contributed by atoms with Gasteiger partial charge in [0.25, 0.3) is 10.0 Å². The van der Waals surface area contributed by atoms with Crippen molar-refractivity contribution in [1.82, 2.24) is 10.3 Å². The largest absolute Gasteiger partial charge is 0.309 e. The van der Waals surface area contributed by atoms with E-state index in [2.05, 4.69) is 15.0 Å². The smallest absolute Gasteiger partial charge is 0.273 e. The van der Waals surface area contributed by atoms with Gasteiger partial charge >= 0.3 is 0 Å². The van der Waals surface area contributed by atoms with Crippen LogP contribution in [0.15, 0.2) is 22.5 Å². The Kier molecular flexibility index (Phi) is 3.80. The van der Waals surface area contributed by atoms with Crippen molar-refractivity contribution < 1.29 is 8.42 Å². The minimum Gasteiger partial charge on any atom is -0.309 e. The van der Waals surface area contributed by atoms with Gasteiger partial charge in [-0.1, -0.05) is 0 Å².